The number of hydrogen-bond acceptors (Lipinski definition) is 8. The fourth-order valence-electron chi connectivity index (χ4n) is 6.02. The number of amides is 3. The lowest BCUT2D eigenvalue weighted by molar-refractivity contribution is 0.0302. The fraction of sp³-hybridized carbons (Fsp3) is 0.375. The summed E-state index contributed by atoms with van der Waals surface area (Å²) in [4.78, 5) is 36.5. The van der Waals surface area contributed by atoms with Gasteiger partial charge < -0.3 is 30.0 Å². The zero-order valence-corrected chi connectivity index (χ0v) is 26.1. The molecule has 0 spiro atoms. The van der Waals surface area contributed by atoms with Gasteiger partial charge in [-0.25, -0.2) is 23.2 Å². The molecule has 0 bridgehead atoms. The number of urea groups is 1. The van der Waals surface area contributed by atoms with Crippen LogP contribution in [0.3, 0.4) is 0 Å². The Hall–Kier alpha value is -4.49. The molecule has 1 aliphatic heterocycles. The SMILES string of the molecule is Cc1c(NC(=O)NC2CCC(S(C)(=O)=O)CC2)cccc1-c1cc(Nc2ccc(C(=O)N3CCOCC3)cn2)c2nccn2c1. The third-order valence-electron chi connectivity index (χ3n) is 8.57. The molecular formula is C32H37N7O5S. The van der Waals surface area contributed by atoms with Crippen LogP contribution in [0.4, 0.5) is 22.0 Å². The number of pyridine rings is 2. The normalized spacial score (nSPS) is 18.8. The van der Waals surface area contributed by atoms with E-state index in [1.54, 1.807) is 29.4 Å². The highest BCUT2D eigenvalue weighted by atomic mass is 32.2. The molecule has 1 saturated carbocycles. The second kappa shape index (κ2) is 12.9. The van der Waals surface area contributed by atoms with Gasteiger partial charge in [0.1, 0.15) is 15.7 Å². The minimum absolute atomic E-state index is 0.0630. The van der Waals surface area contributed by atoms with Crippen molar-refractivity contribution in [2.45, 2.75) is 43.9 Å². The fourth-order valence-corrected chi connectivity index (χ4v) is 7.14. The lowest BCUT2D eigenvalue weighted by Crippen LogP contribution is -2.42. The molecule has 4 heterocycles. The Morgan fingerprint density at radius 3 is 2.49 bits per heavy atom. The van der Waals surface area contributed by atoms with E-state index in [0.29, 0.717) is 74.7 Å². The zero-order chi connectivity index (χ0) is 31.6. The van der Waals surface area contributed by atoms with Crippen molar-refractivity contribution in [3.63, 3.8) is 0 Å². The van der Waals surface area contributed by atoms with E-state index in [0.717, 1.165) is 22.4 Å². The number of carbonyl (C=O) groups excluding carboxylic acids is 2. The van der Waals surface area contributed by atoms with Crippen LogP contribution >= 0.6 is 0 Å². The molecule has 2 aliphatic rings. The summed E-state index contributed by atoms with van der Waals surface area (Å²) < 4.78 is 31.0. The van der Waals surface area contributed by atoms with E-state index in [2.05, 4.69) is 25.9 Å². The Morgan fingerprint density at radius 1 is 1.00 bits per heavy atom. The first-order chi connectivity index (χ1) is 21.7. The van der Waals surface area contributed by atoms with Crippen LogP contribution in [0.25, 0.3) is 16.8 Å². The van der Waals surface area contributed by atoms with Crippen LogP contribution in [-0.4, -0.2) is 83.5 Å². The van der Waals surface area contributed by atoms with Crippen molar-refractivity contribution in [3.05, 3.63) is 72.3 Å². The molecule has 1 aliphatic carbocycles. The standard InChI is InChI=1S/C32H37N7O5S/c1-21-26(4-3-5-27(21)37-32(41)35-24-7-9-25(10-8-24)45(2,42)43)23-18-28(30-33-12-13-39(30)20-23)36-29-11-6-22(19-34-29)31(40)38-14-16-44-17-15-38/h3-6,11-13,18-20,24-25H,7-10,14-17H2,1-2H3,(H,34,36)(H2,35,37,41). The van der Waals surface area contributed by atoms with Crippen molar-refractivity contribution < 1.29 is 22.7 Å². The lowest BCUT2D eigenvalue weighted by atomic mass is 9.95. The van der Waals surface area contributed by atoms with Gasteiger partial charge in [-0.15, -0.1) is 0 Å². The Balaban J connectivity index is 1.17. The molecule has 1 aromatic carbocycles. The number of fused-ring (bicyclic) bond motifs is 1. The first-order valence-corrected chi connectivity index (χ1v) is 17.0. The van der Waals surface area contributed by atoms with Crippen LogP contribution in [0.5, 0.6) is 0 Å². The van der Waals surface area contributed by atoms with E-state index in [4.69, 9.17) is 4.74 Å². The summed E-state index contributed by atoms with van der Waals surface area (Å²) in [5.74, 6) is 0.511. The number of nitrogens with one attached hydrogen (secondary N) is 3. The number of sulfone groups is 1. The van der Waals surface area contributed by atoms with Gasteiger partial charge >= 0.3 is 6.03 Å². The van der Waals surface area contributed by atoms with Gasteiger partial charge in [0.15, 0.2) is 5.65 Å². The second-order valence-electron chi connectivity index (χ2n) is 11.6. The van der Waals surface area contributed by atoms with Crippen LogP contribution in [0.15, 0.2) is 61.2 Å². The number of hydrogen-bond donors (Lipinski definition) is 3. The van der Waals surface area contributed by atoms with Gasteiger partial charge in [-0.05, 0) is 68.0 Å². The highest BCUT2D eigenvalue weighted by Crippen LogP contribution is 2.33. The van der Waals surface area contributed by atoms with Crippen LogP contribution in [0.2, 0.25) is 0 Å². The average Bonchev–Trinajstić information content (AvgIpc) is 3.52. The minimum atomic E-state index is -3.06. The number of ether oxygens (including phenoxy) is 1. The predicted molar refractivity (Wildman–Crippen MR) is 173 cm³/mol. The molecule has 6 rings (SSSR count). The van der Waals surface area contributed by atoms with Crippen LogP contribution in [0.1, 0.15) is 41.6 Å². The van der Waals surface area contributed by atoms with Crippen molar-refractivity contribution in [1.29, 1.82) is 0 Å². The van der Waals surface area contributed by atoms with E-state index in [9.17, 15) is 18.0 Å². The number of aromatic nitrogens is 3. The van der Waals surface area contributed by atoms with Crippen molar-refractivity contribution in [2.24, 2.45) is 0 Å². The van der Waals surface area contributed by atoms with Gasteiger partial charge in [0.25, 0.3) is 5.91 Å². The summed E-state index contributed by atoms with van der Waals surface area (Å²) >= 11 is 0. The molecule has 13 heteroatoms. The van der Waals surface area contributed by atoms with Crippen LogP contribution in [-0.2, 0) is 14.6 Å². The van der Waals surface area contributed by atoms with E-state index in [1.807, 2.05) is 48.0 Å². The minimum Gasteiger partial charge on any atom is -0.378 e. The van der Waals surface area contributed by atoms with Crippen molar-refractivity contribution >= 4 is 44.6 Å². The first kappa shape index (κ1) is 30.5. The zero-order valence-electron chi connectivity index (χ0n) is 25.3. The topological polar surface area (TPSA) is 147 Å². The van der Waals surface area contributed by atoms with Crippen molar-refractivity contribution in [1.82, 2.24) is 24.6 Å². The molecule has 236 valence electrons. The highest BCUT2D eigenvalue weighted by Gasteiger charge is 2.28. The predicted octanol–water partition coefficient (Wildman–Crippen LogP) is 4.40. The molecule has 0 radical (unpaired) electrons. The maximum atomic E-state index is 12.9. The maximum absolute atomic E-state index is 12.9. The Bertz CT molecular complexity index is 1810. The average molecular weight is 632 g/mol. The number of nitrogens with zero attached hydrogens (tertiary/aromatic N) is 4. The highest BCUT2D eigenvalue weighted by molar-refractivity contribution is 7.91. The molecule has 0 unspecified atom stereocenters. The second-order valence-corrected chi connectivity index (χ2v) is 14.0. The smallest absolute Gasteiger partial charge is 0.319 e. The molecule has 3 aromatic heterocycles. The van der Waals surface area contributed by atoms with Gasteiger partial charge in [0.2, 0.25) is 0 Å². The number of anilines is 3. The molecule has 1 saturated heterocycles. The maximum Gasteiger partial charge on any atom is 0.319 e. The van der Waals surface area contributed by atoms with Gasteiger partial charge in [-0.3, -0.25) is 4.79 Å². The number of carbonyl (C=O) groups is 2. The Labute approximate surface area is 262 Å². The van der Waals surface area contributed by atoms with E-state index in [1.165, 1.54) is 6.26 Å². The van der Waals surface area contributed by atoms with E-state index >= 15 is 0 Å². The lowest BCUT2D eigenvalue weighted by Gasteiger charge is -2.28. The summed E-state index contributed by atoms with van der Waals surface area (Å²) in [6, 6.07) is 10.9. The van der Waals surface area contributed by atoms with Gasteiger partial charge in [-0.1, -0.05) is 12.1 Å². The quantitative estimate of drug-likeness (QED) is 0.272. The third-order valence-corrected chi connectivity index (χ3v) is 10.2. The number of benzene rings is 1. The van der Waals surface area contributed by atoms with Crippen molar-refractivity contribution in [2.75, 3.05) is 43.2 Å². The third kappa shape index (κ3) is 6.94. The summed E-state index contributed by atoms with van der Waals surface area (Å²) in [5, 5.41) is 9.02. The molecule has 3 amide bonds. The monoisotopic (exact) mass is 631 g/mol. The molecule has 3 N–H and O–H groups in total. The van der Waals surface area contributed by atoms with E-state index < -0.39 is 9.84 Å². The first-order valence-electron chi connectivity index (χ1n) is 15.1. The Kier molecular flexibility index (Phi) is 8.72. The number of imidazole rings is 1. The van der Waals surface area contributed by atoms with Gasteiger partial charge in [0.05, 0.1) is 29.7 Å². The Morgan fingerprint density at radius 2 is 1.78 bits per heavy atom. The van der Waals surface area contributed by atoms with E-state index in [-0.39, 0.29) is 23.2 Å². The van der Waals surface area contributed by atoms with Gasteiger partial charge in [0, 0.05) is 61.4 Å². The molecule has 12 nitrogen and oxygen atoms in total. The summed E-state index contributed by atoms with van der Waals surface area (Å²) in [5.41, 5.74) is 5.37. The molecule has 2 fully saturated rings. The summed E-state index contributed by atoms with van der Waals surface area (Å²) in [7, 11) is -3.06. The largest absolute Gasteiger partial charge is 0.378 e. The number of rotatable bonds is 7. The van der Waals surface area contributed by atoms with Crippen molar-refractivity contribution in [3.8, 4) is 11.1 Å². The molecular weight excluding hydrogens is 594 g/mol. The molecule has 4 aromatic rings. The summed E-state index contributed by atoms with van der Waals surface area (Å²) in [6.45, 7) is 4.17. The van der Waals surface area contributed by atoms with Crippen LogP contribution in [0, 0.1) is 6.92 Å². The summed E-state index contributed by atoms with van der Waals surface area (Å²) in [6.07, 6.45) is 10.8. The molecule has 45 heavy (non-hydrogen) atoms. The molecule has 0 atom stereocenters. The van der Waals surface area contributed by atoms with Gasteiger partial charge in [-0.2, -0.15) is 0 Å². The number of morpholine rings is 1. The van der Waals surface area contributed by atoms with Crippen LogP contribution < -0.4 is 16.0 Å².